The lowest BCUT2D eigenvalue weighted by Gasteiger charge is -2.11. The van der Waals surface area contributed by atoms with Gasteiger partial charge in [-0.25, -0.2) is 4.98 Å². The van der Waals surface area contributed by atoms with E-state index < -0.39 is 0 Å². The third-order valence-corrected chi connectivity index (χ3v) is 4.31. The first-order valence-electron chi connectivity index (χ1n) is 6.92. The van der Waals surface area contributed by atoms with Gasteiger partial charge in [-0.1, -0.05) is 53.5 Å². The van der Waals surface area contributed by atoms with E-state index in [2.05, 4.69) is 17.1 Å². The van der Waals surface area contributed by atoms with E-state index in [9.17, 15) is 0 Å². The van der Waals surface area contributed by atoms with Crippen molar-refractivity contribution in [3.63, 3.8) is 0 Å². The molecule has 22 heavy (non-hydrogen) atoms. The smallest absolute Gasteiger partial charge is 0.141 e. The maximum Gasteiger partial charge on any atom is 0.141 e. The number of halogens is 2. The van der Waals surface area contributed by atoms with Crippen molar-refractivity contribution in [1.82, 2.24) is 9.55 Å². The lowest BCUT2D eigenvalue weighted by Crippen LogP contribution is -2.03. The molecule has 2 aromatic carbocycles. The van der Waals surface area contributed by atoms with Gasteiger partial charge in [0.25, 0.3) is 0 Å². The van der Waals surface area contributed by atoms with Gasteiger partial charge in [-0.05, 0) is 23.3 Å². The molecule has 112 valence electrons. The van der Waals surface area contributed by atoms with Crippen molar-refractivity contribution in [2.24, 2.45) is 5.73 Å². The molecule has 3 nitrogen and oxygen atoms in total. The molecular formula is C17H15Cl2N3. The molecule has 0 aliphatic heterocycles. The Kier molecular flexibility index (Phi) is 4.48. The predicted octanol–water partition coefficient (Wildman–Crippen LogP) is 4.36. The lowest BCUT2D eigenvalue weighted by atomic mass is 10.1. The zero-order valence-corrected chi connectivity index (χ0v) is 13.3. The van der Waals surface area contributed by atoms with Gasteiger partial charge in [-0.2, -0.15) is 0 Å². The van der Waals surface area contributed by atoms with Crippen LogP contribution >= 0.6 is 23.2 Å². The summed E-state index contributed by atoms with van der Waals surface area (Å²) in [7, 11) is 0. The molecule has 2 N–H and O–H groups in total. The first kappa shape index (κ1) is 15.1. The highest BCUT2D eigenvalue weighted by Crippen LogP contribution is 2.32. The van der Waals surface area contributed by atoms with Gasteiger partial charge in [0.2, 0.25) is 0 Å². The Balaban J connectivity index is 1.97. The molecule has 5 heteroatoms. The monoisotopic (exact) mass is 331 g/mol. The fraction of sp³-hybridized carbons (Fsp3) is 0.118. The molecule has 0 amide bonds. The molecular weight excluding hydrogens is 317 g/mol. The van der Waals surface area contributed by atoms with Crippen molar-refractivity contribution >= 4 is 23.2 Å². The van der Waals surface area contributed by atoms with Gasteiger partial charge in [-0.15, -0.1) is 0 Å². The highest BCUT2D eigenvalue weighted by atomic mass is 35.5. The average Bonchev–Trinajstić information content (AvgIpc) is 2.98. The van der Waals surface area contributed by atoms with Crippen molar-refractivity contribution in [3.05, 3.63) is 76.0 Å². The van der Waals surface area contributed by atoms with Crippen molar-refractivity contribution in [2.45, 2.75) is 13.1 Å². The third kappa shape index (κ3) is 3.02. The van der Waals surface area contributed by atoms with E-state index in [0.29, 0.717) is 23.1 Å². The van der Waals surface area contributed by atoms with Gasteiger partial charge in [0.1, 0.15) is 5.82 Å². The Morgan fingerprint density at radius 1 is 1.05 bits per heavy atom. The lowest BCUT2D eigenvalue weighted by molar-refractivity contribution is 0.805. The molecule has 0 saturated carbocycles. The highest BCUT2D eigenvalue weighted by molar-refractivity contribution is 6.43. The summed E-state index contributed by atoms with van der Waals surface area (Å²) in [5.74, 6) is 0.797. The number of nitrogens with two attached hydrogens (primary N) is 1. The van der Waals surface area contributed by atoms with Crippen LogP contribution in [-0.2, 0) is 13.1 Å². The minimum Gasteiger partial charge on any atom is -0.327 e. The second kappa shape index (κ2) is 6.53. The largest absolute Gasteiger partial charge is 0.327 e. The number of aromatic nitrogens is 2. The number of hydrogen-bond donors (Lipinski definition) is 1. The summed E-state index contributed by atoms with van der Waals surface area (Å²) in [5.41, 5.74) is 8.80. The SMILES string of the molecule is NCc1cccc(Cn2ccnc2-c2cccc(Cl)c2Cl)c1. The van der Waals surface area contributed by atoms with Crippen LogP contribution in [0.15, 0.2) is 54.9 Å². The van der Waals surface area contributed by atoms with Crippen LogP contribution in [0, 0.1) is 0 Å². The number of imidazole rings is 1. The molecule has 1 aromatic heterocycles. The molecule has 0 unspecified atom stereocenters. The van der Waals surface area contributed by atoms with E-state index in [1.165, 1.54) is 5.56 Å². The second-order valence-electron chi connectivity index (χ2n) is 5.00. The molecule has 0 atom stereocenters. The molecule has 3 aromatic rings. The van der Waals surface area contributed by atoms with Crippen LogP contribution in [0.25, 0.3) is 11.4 Å². The third-order valence-electron chi connectivity index (χ3n) is 3.49. The minimum absolute atomic E-state index is 0.521. The van der Waals surface area contributed by atoms with Gasteiger partial charge < -0.3 is 10.3 Å². The molecule has 0 spiro atoms. The van der Waals surface area contributed by atoms with Crippen LogP contribution in [-0.4, -0.2) is 9.55 Å². The maximum absolute atomic E-state index is 6.31. The first-order valence-corrected chi connectivity index (χ1v) is 7.68. The molecule has 0 saturated heterocycles. The molecule has 0 aliphatic carbocycles. The summed E-state index contributed by atoms with van der Waals surface area (Å²) in [6, 6.07) is 13.8. The average molecular weight is 332 g/mol. The van der Waals surface area contributed by atoms with Gasteiger partial charge >= 0.3 is 0 Å². The molecule has 0 aliphatic rings. The van der Waals surface area contributed by atoms with Crippen molar-refractivity contribution in [3.8, 4) is 11.4 Å². The Bertz CT molecular complexity index is 796. The van der Waals surface area contributed by atoms with Gasteiger partial charge in [0.15, 0.2) is 0 Å². The molecule has 1 heterocycles. The van der Waals surface area contributed by atoms with Crippen LogP contribution in [0.1, 0.15) is 11.1 Å². The van der Waals surface area contributed by atoms with E-state index in [0.717, 1.165) is 17.0 Å². The summed E-state index contributed by atoms with van der Waals surface area (Å²) < 4.78 is 2.05. The summed E-state index contributed by atoms with van der Waals surface area (Å²) >= 11 is 12.4. The predicted molar refractivity (Wildman–Crippen MR) is 91.1 cm³/mol. The quantitative estimate of drug-likeness (QED) is 0.771. The Labute approximate surface area is 139 Å². The molecule has 3 rings (SSSR count). The van der Waals surface area contributed by atoms with E-state index in [4.69, 9.17) is 28.9 Å². The van der Waals surface area contributed by atoms with Crippen molar-refractivity contribution in [1.29, 1.82) is 0 Å². The van der Waals surface area contributed by atoms with E-state index in [-0.39, 0.29) is 0 Å². The zero-order valence-electron chi connectivity index (χ0n) is 11.8. The summed E-state index contributed by atoms with van der Waals surface area (Å²) in [5, 5.41) is 1.05. The summed E-state index contributed by atoms with van der Waals surface area (Å²) in [4.78, 5) is 4.42. The van der Waals surface area contributed by atoms with E-state index in [1.54, 1.807) is 12.3 Å². The van der Waals surface area contributed by atoms with Crippen LogP contribution in [0.5, 0.6) is 0 Å². The van der Waals surface area contributed by atoms with E-state index in [1.807, 2.05) is 35.0 Å². The Morgan fingerprint density at radius 3 is 2.64 bits per heavy atom. The topological polar surface area (TPSA) is 43.8 Å². The van der Waals surface area contributed by atoms with Gasteiger partial charge in [0, 0.05) is 31.0 Å². The van der Waals surface area contributed by atoms with Crippen LogP contribution in [0.3, 0.4) is 0 Å². The number of nitrogens with zero attached hydrogens (tertiary/aromatic N) is 2. The normalized spacial score (nSPS) is 10.9. The van der Waals surface area contributed by atoms with Crippen molar-refractivity contribution in [2.75, 3.05) is 0 Å². The minimum atomic E-state index is 0.521. The van der Waals surface area contributed by atoms with Gasteiger partial charge in [-0.3, -0.25) is 0 Å². The fourth-order valence-corrected chi connectivity index (χ4v) is 2.79. The first-order chi connectivity index (χ1) is 10.7. The maximum atomic E-state index is 6.31. The Morgan fingerprint density at radius 2 is 1.82 bits per heavy atom. The Hall–Kier alpha value is -1.81. The van der Waals surface area contributed by atoms with E-state index >= 15 is 0 Å². The summed E-state index contributed by atoms with van der Waals surface area (Å²) in [6.45, 7) is 1.23. The second-order valence-corrected chi connectivity index (χ2v) is 5.79. The molecule has 0 bridgehead atoms. The van der Waals surface area contributed by atoms with Gasteiger partial charge in [0.05, 0.1) is 10.0 Å². The van der Waals surface area contributed by atoms with Crippen LogP contribution < -0.4 is 5.73 Å². The van der Waals surface area contributed by atoms with Crippen LogP contribution in [0.2, 0.25) is 10.0 Å². The molecule has 0 radical (unpaired) electrons. The fourth-order valence-electron chi connectivity index (χ4n) is 2.41. The summed E-state index contributed by atoms with van der Waals surface area (Å²) in [6.07, 6.45) is 3.70. The molecule has 0 fully saturated rings. The number of hydrogen-bond acceptors (Lipinski definition) is 2. The number of rotatable bonds is 4. The zero-order chi connectivity index (χ0) is 15.5. The van der Waals surface area contributed by atoms with Crippen LogP contribution in [0.4, 0.5) is 0 Å². The number of benzene rings is 2. The highest BCUT2D eigenvalue weighted by Gasteiger charge is 2.12. The standard InChI is InChI=1S/C17H15Cl2N3/c18-15-6-2-5-14(16(15)19)17-21-7-8-22(17)11-13-4-1-3-12(9-13)10-20/h1-9H,10-11,20H2. The van der Waals surface area contributed by atoms with Crippen molar-refractivity contribution < 1.29 is 0 Å².